The SMILES string of the molecule is CCN(CC(N)=S)C(=O)c1cccc(I)c1. The minimum Gasteiger partial charge on any atom is -0.392 e. The fourth-order valence-corrected chi connectivity index (χ4v) is 2.02. The number of rotatable bonds is 4. The second-order valence-electron chi connectivity index (χ2n) is 3.30. The van der Waals surface area contributed by atoms with E-state index in [-0.39, 0.29) is 5.91 Å². The lowest BCUT2D eigenvalue weighted by Gasteiger charge is -2.20. The van der Waals surface area contributed by atoms with Crippen LogP contribution in [0, 0.1) is 3.57 Å². The molecule has 1 amide bonds. The highest BCUT2D eigenvalue weighted by Gasteiger charge is 2.14. The van der Waals surface area contributed by atoms with E-state index in [1.54, 1.807) is 11.0 Å². The number of thiocarbonyl (C=S) groups is 1. The van der Waals surface area contributed by atoms with Crippen molar-refractivity contribution in [1.29, 1.82) is 0 Å². The first-order valence-corrected chi connectivity index (χ1v) is 6.36. The zero-order valence-corrected chi connectivity index (χ0v) is 11.9. The van der Waals surface area contributed by atoms with Crippen LogP contribution in [0.1, 0.15) is 17.3 Å². The van der Waals surface area contributed by atoms with E-state index in [9.17, 15) is 4.79 Å². The van der Waals surface area contributed by atoms with Crippen molar-refractivity contribution in [2.24, 2.45) is 5.73 Å². The van der Waals surface area contributed by atoms with Crippen molar-refractivity contribution in [1.82, 2.24) is 4.90 Å². The van der Waals surface area contributed by atoms with Gasteiger partial charge in [0, 0.05) is 15.7 Å². The first-order chi connectivity index (χ1) is 7.54. The molecule has 1 aromatic carbocycles. The van der Waals surface area contributed by atoms with Gasteiger partial charge >= 0.3 is 0 Å². The molecule has 2 N–H and O–H groups in total. The van der Waals surface area contributed by atoms with Crippen molar-refractivity contribution in [3.8, 4) is 0 Å². The van der Waals surface area contributed by atoms with Gasteiger partial charge in [0.05, 0.1) is 11.5 Å². The summed E-state index contributed by atoms with van der Waals surface area (Å²) in [6, 6.07) is 7.46. The van der Waals surface area contributed by atoms with Gasteiger partial charge < -0.3 is 10.6 Å². The summed E-state index contributed by atoms with van der Waals surface area (Å²) in [5.74, 6) is -0.0335. The molecule has 0 aliphatic heterocycles. The Morgan fingerprint density at radius 3 is 2.75 bits per heavy atom. The summed E-state index contributed by atoms with van der Waals surface area (Å²) in [5, 5.41) is 0. The number of hydrogen-bond acceptors (Lipinski definition) is 2. The molecule has 0 saturated carbocycles. The monoisotopic (exact) mass is 348 g/mol. The van der Waals surface area contributed by atoms with E-state index in [0.717, 1.165) is 3.57 Å². The van der Waals surface area contributed by atoms with Gasteiger partial charge in [0.2, 0.25) is 0 Å². The fourth-order valence-electron chi connectivity index (χ4n) is 1.32. The maximum atomic E-state index is 12.1. The van der Waals surface area contributed by atoms with Crippen LogP contribution in [0.3, 0.4) is 0 Å². The van der Waals surface area contributed by atoms with Crippen LogP contribution in [-0.2, 0) is 0 Å². The molecule has 3 nitrogen and oxygen atoms in total. The second-order valence-corrected chi connectivity index (χ2v) is 5.07. The fraction of sp³-hybridized carbons (Fsp3) is 0.273. The van der Waals surface area contributed by atoms with E-state index in [2.05, 4.69) is 22.6 Å². The van der Waals surface area contributed by atoms with Crippen molar-refractivity contribution < 1.29 is 4.79 Å². The maximum Gasteiger partial charge on any atom is 0.254 e. The highest BCUT2D eigenvalue weighted by molar-refractivity contribution is 14.1. The molecule has 0 atom stereocenters. The molecule has 0 aromatic heterocycles. The highest BCUT2D eigenvalue weighted by Crippen LogP contribution is 2.10. The first-order valence-electron chi connectivity index (χ1n) is 4.87. The van der Waals surface area contributed by atoms with Gasteiger partial charge in [-0.05, 0) is 47.7 Å². The Balaban J connectivity index is 2.86. The summed E-state index contributed by atoms with van der Waals surface area (Å²) in [6.45, 7) is 2.84. The third-order valence-electron chi connectivity index (χ3n) is 2.09. The number of halogens is 1. The third kappa shape index (κ3) is 3.71. The molecule has 16 heavy (non-hydrogen) atoms. The molecular weight excluding hydrogens is 335 g/mol. The van der Waals surface area contributed by atoms with Crippen LogP contribution in [-0.4, -0.2) is 28.9 Å². The lowest BCUT2D eigenvalue weighted by molar-refractivity contribution is 0.0788. The summed E-state index contributed by atoms with van der Waals surface area (Å²) in [7, 11) is 0. The number of likely N-dealkylation sites (N-methyl/N-ethyl adjacent to an activating group) is 1. The van der Waals surface area contributed by atoms with Crippen LogP contribution in [0.25, 0.3) is 0 Å². The van der Waals surface area contributed by atoms with E-state index >= 15 is 0 Å². The van der Waals surface area contributed by atoms with Crippen molar-refractivity contribution in [2.75, 3.05) is 13.1 Å². The average molecular weight is 348 g/mol. The number of benzene rings is 1. The zero-order valence-electron chi connectivity index (χ0n) is 8.94. The quantitative estimate of drug-likeness (QED) is 0.669. The average Bonchev–Trinajstić information content (AvgIpc) is 2.24. The number of nitrogens with two attached hydrogens (primary N) is 1. The zero-order chi connectivity index (χ0) is 12.1. The molecule has 0 bridgehead atoms. The first kappa shape index (κ1) is 13.4. The molecule has 0 radical (unpaired) electrons. The van der Waals surface area contributed by atoms with Gasteiger partial charge in [0.25, 0.3) is 5.91 Å². The predicted molar refractivity (Wildman–Crippen MR) is 77.5 cm³/mol. The van der Waals surface area contributed by atoms with Crippen LogP contribution in [0.4, 0.5) is 0 Å². The highest BCUT2D eigenvalue weighted by atomic mass is 127. The van der Waals surface area contributed by atoms with Gasteiger partial charge in [0.1, 0.15) is 0 Å². The Hall–Kier alpha value is -0.690. The molecule has 0 aliphatic rings. The van der Waals surface area contributed by atoms with Gasteiger partial charge in [-0.2, -0.15) is 0 Å². The number of carbonyl (C=O) groups is 1. The topological polar surface area (TPSA) is 46.3 Å². The minimum absolute atomic E-state index is 0.0335. The summed E-state index contributed by atoms with van der Waals surface area (Å²) in [4.78, 5) is 14.0. The lowest BCUT2D eigenvalue weighted by atomic mass is 10.2. The molecular formula is C11H13IN2OS. The summed E-state index contributed by atoms with van der Waals surface area (Å²) in [5.41, 5.74) is 6.12. The smallest absolute Gasteiger partial charge is 0.254 e. The van der Waals surface area contributed by atoms with Gasteiger partial charge in [0.15, 0.2) is 0 Å². The lowest BCUT2D eigenvalue weighted by Crippen LogP contribution is -2.37. The van der Waals surface area contributed by atoms with E-state index in [4.69, 9.17) is 18.0 Å². The Kier molecular flexibility index (Phi) is 5.14. The van der Waals surface area contributed by atoms with E-state index in [1.807, 2.05) is 25.1 Å². The Morgan fingerprint density at radius 2 is 2.25 bits per heavy atom. The number of amides is 1. The van der Waals surface area contributed by atoms with Crippen molar-refractivity contribution in [2.45, 2.75) is 6.92 Å². The van der Waals surface area contributed by atoms with Crippen LogP contribution in [0.2, 0.25) is 0 Å². The number of nitrogens with zero attached hydrogens (tertiary/aromatic N) is 1. The van der Waals surface area contributed by atoms with Crippen LogP contribution >= 0.6 is 34.8 Å². The van der Waals surface area contributed by atoms with E-state index in [1.165, 1.54) is 0 Å². The van der Waals surface area contributed by atoms with Gasteiger partial charge in [-0.1, -0.05) is 18.3 Å². The largest absolute Gasteiger partial charge is 0.392 e. The Bertz CT molecular complexity index is 409. The van der Waals surface area contributed by atoms with Crippen LogP contribution in [0.15, 0.2) is 24.3 Å². The second kappa shape index (κ2) is 6.15. The summed E-state index contributed by atoms with van der Waals surface area (Å²) >= 11 is 6.99. The summed E-state index contributed by atoms with van der Waals surface area (Å²) < 4.78 is 1.04. The molecule has 1 aromatic rings. The van der Waals surface area contributed by atoms with Crippen LogP contribution in [0.5, 0.6) is 0 Å². The van der Waals surface area contributed by atoms with Crippen LogP contribution < -0.4 is 5.73 Å². The molecule has 0 heterocycles. The molecule has 1 rings (SSSR count). The third-order valence-corrected chi connectivity index (χ3v) is 2.89. The van der Waals surface area contributed by atoms with Crippen molar-refractivity contribution >= 4 is 45.7 Å². The van der Waals surface area contributed by atoms with Crippen molar-refractivity contribution in [3.63, 3.8) is 0 Å². The predicted octanol–water partition coefficient (Wildman–Crippen LogP) is 2.04. The molecule has 0 aliphatic carbocycles. The minimum atomic E-state index is -0.0335. The molecule has 5 heteroatoms. The van der Waals surface area contributed by atoms with Gasteiger partial charge in [-0.3, -0.25) is 4.79 Å². The molecule has 0 saturated heterocycles. The number of carbonyl (C=O) groups excluding carboxylic acids is 1. The maximum absolute atomic E-state index is 12.1. The normalized spacial score (nSPS) is 9.88. The van der Waals surface area contributed by atoms with E-state index in [0.29, 0.717) is 23.6 Å². The van der Waals surface area contributed by atoms with Crippen molar-refractivity contribution in [3.05, 3.63) is 33.4 Å². The summed E-state index contributed by atoms with van der Waals surface area (Å²) in [6.07, 6.45) is 0. The molecule has 0 spiro atoms. The molecule has 86 valence electrons. The molecule has 0 fully saturated rings. The Morgan fingerprint density at radius 1 is 1.56 bits per heavy atom. The van der Waals surface area contributed by atoms with Gasteiger partial charge in [-0.25, -0.2) is 0 Å². The van der Waals surface area contributed by atoms with E-state index < -0.39 is 0 Å². The standard InChI is InChI=1S/C11H13IN2OS/c1-2-14(7-10(13)16)11(15)8-4-3-5-9(12)6-8/h3-6H,2,7H2,1H3,(H2,13,16). The molecule has 0 unspecified atom stereocenters. The Labute approximate surface area is 114 Å². The van der Waals surface area contributed by atoms with Gasteiger partial charge in [-0.15, -0.1) is 0 Å². The number of hydrogen-bond donors (Lipinski definition) is 1.